The van der Waals surface area contributed by atoms with Crippen LogP contribution in [0.5, 0.6) is 0 Å². The van der Waals surface area contributed by atoms with E-state index in [1.165, 1.54) is 38.0 Å². The molecule has 85 valence electrons. The van der Waals surface area contributed by atoms with Gasteiger partial charge in [0.1, 0.15) is 0 Å². The molecule has 2 nitrogen and oxygen atoms in total. The summed E-state index contributed by atoms with van der Waals surface area (Å²) in [6.45, 7) is 2.67. The van der Waals surface area contributed by atoms with E-state index >= 15 is 0 Å². The van der Waals surface area contributed by atoms with Gasteiger partial charge in [-0.1, -0.05) is 39.0 Å². The van der Waals surface area contributed by atoms with Crippen molar-refractivity contribution in [2.24, 2.45) is 0 Å². The van der Waals surface area contributed by atoms with Gasteiger partial charge < -0.3 is 10.2 Å². The van der Waals surface area contributed by atoms with Gasteiger partial charge in [-0.2, -0.15) is 0 Å². The van der Waals surface area contributed by atoms with E-state index in [1.807, 2.05) is 0 Å². The second kappa shape index (κ2) is 11.0. The highest BCUT2D eigenvalue weighted by molar-refractivity contribution is 4.88. The lowest BCUT2D eigenvalue weighted by molar-refractivity contribution is 0.262. The second-order valence-electron chi connectivity index (χ2n) is 3.86. The Morgan fingerprint density at radius 2 is 1.36 bits per heavy atom. The van der Waals surface area contributed by atoms with Gasteiger partial charge in [0.15, 0.2) is 0 Å². The molecule has 2 N–H and O–H groups in total. The number of hydrogen-bond donors (Lipinski definition) is 2. The van der Waals surface area contributed by atoms with Crippen LogP contribution in [0.25, 0.3) is 0 Å². The summed E-state index contributed by atoms with van der Waals surface area (Å²) >= 11 is 0. The summed E-state index contributed by atoms with van der Waals surface area (Å²) in [4.78, 5) is 0. The fraction of sp³-hybridized carbons (Fsp3) is 0.917. The molecule has 0 spiro atoms. The zero-order chi connectivity index (χ0) is 10.6. The smallest absolute Gasteiger partial charge is 0.0436 e. The van der Waals surface area contributed by atoms with E-state index in [2.05, 4.69) is 6.92 Å². The molecule has 0 saturated heterocycles. The fourth-order valence-corrected chi connectivity index (χ4v) is 1.67. The molecule has 0 rings (SSSR count). The second-order valence-corrected chi connectivity index (χ2v) is 3.86. The summed E-state index contributed by atoms with van der Waals surface area (Å²) in [6.07, 6.45) is 9.07. The van der Waals surface area contributed by atoms with Crippen molar-refractivity contribution in [3.05, 3.63) is 5.92 Å². The molecule has 0 saturated carbocycles. The molecule has 0 aliphatic carbocycles. The lowest BCUT2D eigenvalue weighted by Gasteiger charge is -2.13. The molecule has 0 heterocycles. The third kappa shape index (κ3) is 8.52. The molecule has 0 aromatic carbocycles. The van der Waals surface area contributed by atoms with Gasteiger partial charge in [0, 0.05) is 13.2 Å². The Morgan fingerprint density at radius 3 is 1.86 bits per heavy atom. The Balaban J connectivity index is 3.30. The summed E-state index contributed by atoms with van der Waals surface area (Å²) in [5.74, 6) is 1.33. The highest BCUT2D eigenvalue weighted by atomic mass is 16.3. The van der Waals surface area contributed by atoms with Crippen LogP contribution in [0, 0.1) is 5.92 Å². The van der Waals surface area contributed by atoms with Gasteiger partial charge in [-0.15, -0.1) is 0 Å². The Morgan fingerprint density at radius 1 is 0.786 bits per heavy atom. The lowest BCUT2D eigenvalue weighted by atomic mass is 9.95. The van der Waals surface area contributed by atoms with Gasteiger partial charge in [-0.05, 0) is 25.2 Å². The summed E-state index contributed by atoms with van der Waals surface area (Å²) in [5.41, 5.74) is 0. The zero-order valence-corrected chi connectivity index (χ0v) is 9.47. The van der Waals surface area contributed by atoms with Crippen molar-refractivity contribution >= 4 is 0 Å². The van der Waals surface area contributed by atoms with Crippen LogP contribution in [0.4, 0.5) is 0 Å². The number of unbranched alkanes of at least 4 members (excludes halogenated alkanes) is 4. The highest BCUT2D eigenvalue weighted by Crippen LogP contribution is 2.19. The maximum absolute atomic E-state index is 8.80. The number of hydrogen-bond acceptors (Lipinski definition) is 2. The van der Waals surface area contributed by atoms with Crippen LogP contribution < -0.4 is 0 Å². The third-order valence-electron chi connectivity index (χ3n) is 2.56. The maximum atomic E-state index is 8.80. The van der Waals surface area contributed by atoms with Crippen molar-refractivity contribution < 1.29 is 10.2 Å². The topological polar surface area (TPSA) is 40.5 Å². The van der Waals surface area contributed by atoms with Gasteiger partial charge in [-0.3, -0.25) is 0 Å². The van der Waals surface area contributed by atoms with E-state index in [0.717, 1.165) is 19.3 Å². The number of rotatable bonds is 10. The minimum absolute atomic E-state index is 0.226. The highest BCUT2D eigenvalue weighted by Gasteiger charge is 2.07. The molecule has 2 heteroatoms. The standard InChI is InChI=1S/C12H25O2/c1-2-3-4-5-6-7-12(8-10-13)9-11-14/h13-14H,2-11H2,1H3. The molecule has 0 amide bonds. The maximum Gasteiger partial charge on any atom is 0.0436 e. The lowest BCUT2D eigenvalue weighted by Crippen LogP contribution is -2.03. The van der Waals surface area contributed by atoms with Crippen LogP contribution in [0.2, 0.25) is 0 Å². The summed E-state index contributed by atoms with van der Waals surface area (Å²) in [6, 6.07) is 0. The quantitative estimate of drug-likeness (QED) is 0.533. The summed E-state index contributed by atoms with van der Waals surface area (Å²) in [5, 5.41) is 17.6. The van der Waals surface area contributed by atoms with Crippen LogP contribution in [-0.4, -0.2) is 23.4 Å². The molecule has 0 unspecified atom stereocenters. The SMILES string of the molecule is CCCCCCC[C](CCO)CCO. The Kier molecular flexibility index (Phi) is 10.9. The van der Waals surface area contributed by atoms with Crippen molar-refractivity contribution in [3.8, 4) is 0 Å². The van der Waals surface area contributed by atoms with Gasteiger partial charge in [0.05, 0.1) is 0 Å². The van der Waals surface area contributed by atoms with Gasteiger partial charge >= 0.3 is 0 Å². The molecule has 0 aromatic rings. The van der Waals surface area contributed by atoms with E-state index in [4.69, 9.17) is 10.2 Å². The van der Waals surface area contributed by atoms with Crippen molar-refractivity contribution in [2.75, 3.05) is 13.2 Å². The van der Waals surface area contributed by atoms with E-state index in [0.29, 0.717) is 0 Å². The van der Waals surface area contributed by atoms with Gasteiger partial charge in [0.2, 0.25) is 0 Å². The van der Waals surface area contributed by atoms with Crippen LogP contribution in [0.3, 0.4) is 0 Å². The molecule has 0 atom stereocenters. The summed E-state index contributed by atoms with van der Waals surface area (Å²) < 4.78 is 0. The van der Waals surface area contributed by atoms with E-state index < -0.39 is 0 Å². The fourth-order valence-electron chi connectivity index (χ4n) is 1.67. The van der Waals surface area contributed by atoms with Crippen LogP contribution in [-0.2, 0) is 0 Å². The predicted molar refractivity (Wildman–Crippen MR) is 60.0 cm³/mol. The summed E-state index contributed by atoms with van der Waals surface area (Å²) in [7, 11) is 0. The Hall–Kier alpha value is -0.0800. The van der Waals surface area contributed by atoms with Crippen LogP contribution in [0.1, 0.15) is 58.3 Å². The first kappa shape index (κ1) is 13.9. The van der Waals surface area contributed by atoms with Crippen molar-refractivity contribution in [1.29, 1.82) is 0 Å². The predicted octanol–water partition coefficient (Wildman–Crippen LogP) is 2.69. The molecule has 14 heavy (non-hydrogen) atoms. The Labute approximate surface area is 88.3 Å². The monoisotopic (exact) mass is 201 g/mol. The van der Waals surface area contributed by atoms with E-state index in [1.54, 1.807) is 0 Å². The van der Waals surface area contributed by atoms with Gasteiger partial charge in [-0.25, -0.2) is 0 Å². The normalized spacial score (nSPS) is 11.1. The molecule has 0 bridgehead atoms. The Bertz CT molecular complexity index is 98.5. The third-order valence-corrected chi connectivity index (χ3v) is 2.56. The molecule has 0 fully saturated rings. The first-order chi connectivity index (χ1) is 6.85. The van der Waals surface area contributed by atoms with Crippen LogP contribution >= 0.6 is 0 Å². The zero-order valence-electron chi connectivity index (χ0n) is 9.47. The minimum atomic E-state index is 0.226. The molecule has 1 radical (unpaired) electrons. The number of aliphatic hydroxyl groups is 2. The van der Waals surface area contributed by atoms with Crippen LogP contribution in [0.15, 0.2) is 0 Å². The largest absolute Gasteiger partial charge is 0.396 e. The molecule has 0 aromatic heterocycles. The van der Waals surface area contributed by atoms with Crippen molar-refractivity contribution in [3.63, 3.8) is 0 Å². The van der Waals surface area contributed by atoms with E-state index in [-0.39, 0.29) is 13.2 Å². The first-order valence-electron chi connectivity index (χ1n) is 5.90. The number of aliphatic hydroxyl groups excluding tert-OH is 2. The molecular formula is C12H25O2. The molecular weight excluding hydrogens is 176 g/mol. The molecule has 0 aliphatic heterocycles. The minimum Gasteiger partial charge on any atom is -0.396 e. The molecule has 0 aliphatic rings. The van der Waals surface area contributed by atoms with E-state index in [9.17, 15) is 0 Å². The first-order valence-corrected chi connectivity index (χ1v) is 5.90. The average molecular weight is 201 g/mol. The average Bonchev–Trinajstić information content (AvgIpc) is 2.18. The van der Waals surface area contributed by atoms with Gasteiger partial charge in [0.25, 0.3) is 0 Å². The van der Waals surface area contributed by atoms with Crippen molar-refractivity contribution in [1.82, 2.24) is 0 Å². The van der Waals surface area contributed by atoms with Crippen molar-refractivity contribution in [2.45, 2.75) is 58.3 Å².